The molecule has 0 amide bonds. The predicted octanol–water partition coefficient (Wildman–Crippen LogP) is 29.1. The Morgan fingerprint density at radius 2 is 0.400 bits per heavy atom. The number of para-hydroxylation sites is 8. The Balaban J connectivity index is 0.000000105. The number of rotatable bonds is 10. The molecule has 0 bridgehead atoms. The van der Waals surface area contributed by atoms with Crippen LogP contribution in [0.1, 0.15) is 0 Å². The van der Waals surface area contributed by atoms with E-state index in [4.69, 9.17) is 9.97 Å². The number of aromatic nitrogens is 8. The fraction of sp³-hybridized carbons (Fsp3) is 0. The van der Waals surface area contributed by atoms with Crippen molar-refractivity contribution in [3.8, 4) is 78.9 Å². The zero-order valence-corrected chi connectivity index (χ0v) is 65.3. The third-order valence-electron chi connectivity index (χ3n) is 24.0. The fourth-order valence-corrected chi connectivity index (χ4v) is 18.9. The molecule has 562 valence electrons. The van der Waals surface area contributed by atoms with Crippen LogP contribution in [0.5, 0.6) is 0 Å². The fourth-order valence-electron chi connectivity index (χ4n) is 18.9. The minimum atomic E-state index is 0.669. The smallest absolute Gasteiger partial charge is 0.234 e. The van der Waals surface area contributed by atoms with E-state index in [1.165, 1.54) is 159 Å². The molecule has 0 aliphatic rings. The third kappa shape index (κ3) is 11.4. The molecule has 0 spiro atoms. The van der Waals surface area contributed by atoms with E-state index < -0.39 is 0 Å². The third-order valence-corrected chi connectivity index (χ3v) is 24.0. The molecule has 0 radical (unpaired) electrons. The van der Waals surface area contributed by atoms with Crippen molar-refractivity contribution in [2.75, 3.05) is 0 Å². The van der Waals surface area contributed by atoms with Gasteiger partial charge in [0.25, 0.3) is 0 Å². The second-order valence-electron chi connectivity index (χ2n) is 30.7. The normalized spacial score (nSPS) is 11.7. The topological polar surface area (TPSA) is 55.4 Å². The van der Waals surface area contributed by atoms with Crippen molar-refractivity contribution in [1.29, 1.82) is 0 Å². The highest BCUT2D eigenvalue weighted by Gasteiger charge is 2.26. The van der Waals surface area contributed by atoms with Crippen LogP contribution in [-0.2, 0) is 0 Å². The van der Waals surface area contributed by atoms with Gasteiger partial charge < -0.3 is 22.8 Å². The molecule has 7 aromatic heterocycles. The molecule has 120 heavy (non-hydrogen) atoms. The van der Waals surface area contributed by atoms with E-state index in [2.05, 4.69) is 446 Å². The highest BCUT2D eigenvalue weighted by atomic mass is 15.2. The standard InChI is InChI=1S/C42H28N2.C36H24N2.C34H22N4/c1-3-13-29(14-4-1)31-17-11-19-33(27-31)43-37-23-9-7-21-35(37)41-39(43)25-26-40-42(41)36-22-8-10-24-38(36)44(40)34-20-12-18-32(28-34)30-15-5-2-6-16-30;1-3-11-25(12-4-1)26-19-21-28(22-20-26)37-33-18-10-8-16-31(33)35-34(37)24-23-30-29-15-7-9-17-32(29)38(36(30)35)27-13-5-2-6-14-27;1-3-11-23(12-4-1)24-21-35-34(36-22-24)38-29-18-10-8-16-27(29)33-31(38)20-19-30-32(33)26-15-7-9-17-28(26)37(30)25-13-5-2-6-14-25/h1-28H;1-24H;1-22H. The number of hydrogen-bond acceptors (Lipinski definition) is 2. The quantitative estimate of drug-likeness (QED) is 0.137. The average Bonchev–Trinajstić information content (AvgIpc) is 1.56. The maximum absolute atomic E-state index is 4.84. The van der Waals surface area contributed by atoms with Gasteiger partial charge in [-0.05, 0) is 166 Å². The predicted molar refractivity (Wildman–Crippen MR) is 503 cm³/mol. The lowest BCUT2D eigenvalue weighted by molar-refractivity contribution is 0.990. The van der Waals surface area contributed by atoms with Gasteiger partial charge in [0.1, 0.15) is 0 Å². The first-order valence-corrected chi connectivity index (χ1v) is 40.9. The molecule has 7 heterocycles. The van der Waals surface area contributed by atoms with Gasteiger partial charge in [0.05, 0.1) is 66.2 Å². The van der Waals surface area contributed by atoms with Gasteiger partial charge in [-0.1, -0.05) is 309 Å². The van der Waals surface area contributed by atoms with E-state index >= 15 is 0 Å². The maximum Gasteiger partial charge on any atom is 0.234 e. The highest BCUT2D eigenvalue weighted by Crippen LogP contribution is 2.47. The Bertz CT molecular complexity index is 8040. The van der Waals surface area contributed by atoms with Crippen molar-refractivity contribution in [1.82, 2.24) is 37.4 Å². The average molecular weight is 1530 g/mol. The number of benzene rings is 18. The molecule has 0 aliphatic heterocycles. The van der Waals surface area contributed by atoms with E-state index in [0.29, 0.717) is 5.95 Å². The maximum atomic E-state index is 4.84. The zero-order chi connectivity index (χ0) is 79.1. The van der Waals surface area contributed by atoms with Crippen LogP contribution in [0.4, 0.5) is 0 Å². The van der Waals surface area contributed by atoms with Crippen LogP contribution >= 0.6 is 0 Å². The Morgan fingerprint density at radius 1 is 0.142 bits per heavy atom. The van der Waals surface area contributed by atoms with Crippen molar-refractivity contribution in [2.24, 2.45) is 0 Å². The summed E-state index contributed by atoms with van der Waals surface area (Å²) in [5, 5.41) is 15.1. The summed E-state index contributed by atoms with van der Waals surface area (Å²) in [5.41, 5.74) is 29.6. The summed E-state index contributed by atoms with van der Waals surface area (Å²) in [4.78, 5) is 9.68. The van der Waals surface area contributed by atoms with Crippen LogP contribution in [-0.4, -0.2) is 37.4 Å². The van der Waals surface area contributed by atoms with Gasteiger partial charge in [0.15, 0.2) is 0 Å². The monoisotopic (exact) mass is 1530 g/mol. The van der Waals surface area contributed by atoms with Gasteiger partial charge >= 0.3 is 0 Å². The molecule has 8 nitrogen and oxygen atoms in total. The van der Waals surface area contributed by atoms with E-state index in [1.54, 1.807) is 0 Å². The summed E-state index contributed by atoms with van der Waals surface area (Å²) in [6.07, 6.45) is 3.83. The van der Waals surface area contributed by atoms with Crippen molar-refractivity contribution in [2.45, 2.75) is 0 Å². The molecule has 8 heteroatoms. The molecule has 0 N–H and O–H groups in total. The second kappa shape index (κ2) is 29.0. The summed E-state index contributed by atoms with van der Waals surface area (Å²) in [7, 11) is 0. The van der Waals surface area contributed by atoms with Crippen LogP contribution in [0.2, 0.25) is 0 Å². The Hall–Kier alpha value is -16.2. The summed E-state index contributed by atoms with van der Waals surface area (Å²) in [5.74, 6) is 0.669. The minimum Gasteiger partial charge on any atom is -0.309 e. The van der Waals surface area contributed by atoms with Crippen LogP contribution in [0.25, 0.3) is 210 Å². The number of fused-ring (bicyclic) bond motifs is 21. The highest BCUT2D eigenvalue weighted by molar-refractivity contribution is 6.31. The summed E-state index contributed by atoms with van der Waals surface area (Å²) >= 11 is 0. The molecule has 0 fully saturated rings. The first-order chi connectivity index (χ1) is 59.6. The summed E-state index contributed by atoms with van der Waals surface area (Å²) in [6, 6.07) is 156. The van der Waals surface area contributed by atoms with Gasteiger partial charge in [-0.25, -0.2) is 9.97 Å². The molecule has 0 saturated carbocycles. The lowest BCUT2D eigenvalue weighted by atomic mass is 10.0. The molecule has 0 unspecified atom stereocenters. The van der Waals surface area contributed by atoms with Crippen LogP contribution in [0.3, 0.4) is 0 Å². The Labute approximate surface area is 691 Å². The van der Waals surface area contributed by atoms with Crippen LogP contribution in [0, 0.1) is 0 Å². The minimum absolute atomic E-state index is 0.669. The van der Waals surface area contributed by atoms with E-state index in [1.807, 2.05) is 30.6 Å². The second-order valence-corrected chi connectivity index (χ2v) is 30.7. The molecular weight excluding hydrogens is 1460 g/mol. The molecular formula is C112H74N8. The van der Waals surface area contributed by atoms with Gasteiger partial charge in [0, 0.05) is 111 Å². The molecule has 0 saturated heterocycles. The molecule has 0 aliphatic carbocycles. The lowest BCUT2D eigenvalue weighted by Crippen LogP contribution is -2.00. The van der Waals surface area contributed by atoms with Crippen LogP contribution in [0.15, 0.2) is 449 Å². The SMILES string of the molecule is c1ccc(-c2ccc(-n3c4ccccc4c4c3ccc3c5ccccc5n(-c5ccccc5)c34)cc2)cc1.c1ccc(-c2cccc(-n3c4ccccc4c4c5c6ccccc6n(-c6cccc(-c7ccccc7)c6)c5ccc43)c2)cc1.c1ccc(-c2cnc(-n3c4ccccc4c4c5c6ccccc6n(-c6ccccc6)c5ccc43)nc2)cc1. The number of hydrogen-bond donors (Lipinski definition) is 0. The lowest BCUT2D eigenvalue weighted by Gasteiger charge is -2.11. The van der Waals surface area contributed by atoms with Crippen molar-refractivity contribution in [3.05, 3.63) is 449 Å². The molecule has 0 atom stereocenters. The van der Waals surface area contributed by atoms with Crippen molar-refractivity contribution < 1.29 is 0 Å². The van der Waals surface area contributed by atoms with Crippen LogP contribution < -0.4 is 0 Å². The van der Waals surface area contributed by atoms with Gasteiger partial charge in [-0.3, -0.25) is 4.57 Å². The summed E-state index contributed by atoms with van der Waals surface area (Å²) < 4.78 is 14.3. The Kier molecular flexibility index (Phi) is 16.7. The largest absolute Gasteiger partial charge is 0.309 e. The van der Waals surface area contributed by atoms with Crippen molar-refractivity contribution >= 4 is 131 Å². The van der Waals surface area contributed by atoms with Gasteiger partial charge in [0.2, 0.25) is 5.95 Å². The molecule has 25 aromatic rings. The summed E-state index contributed by atoms with van der Waals surface area (Å²) in [6.45, 7) is 0. The van der Waals surface area contributed by atoms with E-state index in [9.17, 15) is 0 Å². The van der Waals surface area contributed by atoms with Gasteiger partial charge in [-0.2, -0.15) is 0 Å². The molecule has 25 rings (SSSR count). The zero-order valence-electron chi connectivity index (χ0n) is 65.3. The Morgan fingerprint density at radius 3 is 0.808 bits per heavy atom. The first kappa shape index (κ1) is 69.4. The molecule has 18 aromatic carbocycles. The number of nitrogens with zero attached hydrogens (tertiary/aromatic N) is 8. The van der Waals surface area contributed by atoms with Crippen molar-refractivity contribution in [3.63, 3.8) is 0 Å². The van der Waals surface area contributed by atoms with E-state index in [0.717, 1.165) is 44.9 Å². The van der Waals surface area contributed by atoms with Gasteiger partial charge in [-0.15, -0.1) is 0 Å². The van der Waals surface area contributed by atoms with E-state index in [-0.39, 0.29) is 0 Å². The first-order valence-electron chi connectivity index (χ1n) is 40.9.